The van der Waals surface area contributed by atoms with Crippen LogP contribution in [-0.4, -0.2) is 13.1 Å². The molecule has 92 valence electrons. The van der Waals surface area contributed by atoms with Crippen LogP contribution in [0, 0.1) is 11.6 Å². The van der Waals surface area contributed by atoms with Gasteiger partial charge in [-0.05, 0) is 41.5 Å². The maximum atomic E-state index is 13.5. The Morgan fingerprint density at radius 1 is 1.41 bits per heavy atom. The first-order chi connectivity index (χ1) is 8.15. The van der Waals surface area contributed by atoms with Crippen molar-refractivity contribution >= 4 is 26.9 Å². The summed E-state index contributed by atoms with van der Waals surface area (Å²) in [5.41, 5.74) is 0.843. The van der Waals surface area contributed by atoms with E-state index in [1.807, 2.05) is 6.92 Å². The minimum Gasteiger partial charge on any atom is -0.461 e. The van der Waals surface area contributed by atoms with Crippen molar-refractivity contribution in [3.63, 3.8) is 0 Å². The molecule has 0 fully saturated rings. The summed E-state index contributed by atoms with van der Waals surface area (Å²) in [6.45, 7) is 3.66. The zero-order valence-electron chi connectivity index (χ0n) is 9.32. The van der Waals surface area contributed by atoms with Gasteiger partial charge in [0.15, 0.2) is 11.4 Å². The van der Waals surface area contributed by atoms with Crippen molar-refractivity contribution in [3.8, 4) is 0 Å². The van der Waals surface area contributed by atoms with Gasteiger partial charge in [-0.25, -0.2) is 4.39 Å². The summed E-state index contributed by atoms with van der Waals surface area (Å²) in [6, 6.07) is 1.13. The molecule has 0 atom stereocenters. The van der Waals surface area contributed by atoms with Gasteiger partial charge in [-0.2, -0.15) is 4.39 Å². The molecule has 0 amide bonds. The molecule has 1 N–H and O–H groups in total. The van der Waals surface area contributed by atoms with Gasteiger partial charge in [0.25, 0.3) is 0 Å². The van der Waals surface area contributed by atoms with Crippen LogP contribution in [0.5, 0.6) is 0 Å². The third-order valence-corrected chi connectivity index (χ3v) is 3.22. The quantitative estimate of drug-likeness (QED) is 0.689. The Bertz CT molecular complexity index is 539. The summed E-state index contributed by atoms with van der Waals surface area (Å²) in [7, 11) is 0. The average molecular weight is 304 g/mol. The first kappa shape index (κ1) is 12.5. The molecule has 1 heterocycles. The first-order valence-electron chi connectivity index (χ1n) is 5.39. The van der Waals surface area contributed by atoms with Crippen LogP contribution in [0.1, 0.15) is 12.5 Å². The number of likely N-dealkylation sites (N-methyl/N-ethyl adjacent to an activating group) is 1. The Morgan fingerprint density at radius 2 is 2.18 bits per heavy atom. The third kappa shape index (κ3) is 2.35. The van der Waals surface area contributed by atoms with E-state index in [2.05, 4.69) is 21.2 Å². The summed E-state index contributed by atoms with van der Waals surface area (Å²) in [4.78, 5) is 0. The zero-order valence-corrected chi connectivity index (χ0v) is 10.9. The number of rotatable bonds is 4. The van der Waals surface area contributed by atoms with Crippen molar-refractivity contribution in [2.45, 2.75) is 13.3 Å². The molecular formula is C12H12BrF2NO. The lowest BCUT2D eigenvalue weighted by atomic mass is 10.1. The Hall–Kier alpha value is -0.940. The van der Waals surface area contributed by atoms with Crippen molar-refractivity contribution in [1.82, 2.24) is 5.32 Å². The van der Waals surface area contributed by atoms with Crippen LogP contribution in [0.15, 0.2) is 21.2 Å². The fraction of sp³-hybridized carbons (Fsp3) is 0.333. The molecule has 2 nitrogen and oxygen atoms in total. The minimum absolute atomic E-state index is 0.0247. The van der Waals surface area contributed by atoms with Gasteiger partial charge in [-0.1, -0.05) is 6.92 Å². The molecule has 5 heteroatoms. The Balaban J connectivity index is 2.42. The molecule has 2 rings (SSSR count). The highest BCUT2D eigenvalue weighted by Gasteiger charge is 2.17. The lowest BCUT2D eigenvalue weighted by Gasteiger charge is -2.02. The number of fused-ring (bicyclic) bond motifs is 1. The predicted molar refractivity (Wildman–Crippen MR) is 66.1 cm³/mol. The number of halogens is 3. The molecule has 0 aliphatic rings. The molecule has 0 aliphatic carbocycles. The number of nitrogens with one attached hydrogen (secondary N) is 1. The van der Waals surface area contributed by atoms with Crippen molar-refractivity contribution in [2.75, 3.05) is 13.1 Å². The number of benzene rings is 1. The zero-order chi connectivity index (χ0) is 12.4. The summed E-state index contributed by atoms with van der Waals surface area (Å²) in [5.74, 6) is -1.84. The van der Waals surface area contributed by atoms with Gasteiger partial charge in [0.1, 0.15) is 0 Å². The molecule has 0 radical (unpaired) electrons. The standard InChI is InChI=1S/C12H12BrF2NO/c1-2-16-4-3-7-6-17-12-10(7)8(13)5-9(14)11(12)15/h5-6,16H,2-4H2,1H3. The largest absolute Gasteiger partial charge is 0.461 e. The smallest absolute Gasteiger partial charge is 0.201 e. The maximum absolute atomic E-state index is 13.5. The van der Waals surface area contributed by atoms with Crippen LogP contribution in [0.2, 0.25) is 0 Å². The van der Waals surface area contributed by atoms with Gasteiger partial charge in [-0.3, -0.25) is 0 Å². The molecule has 1 aromatic heterocycles. The molecule has 2 aromatic rings. The fourth-order valence-electron chi connectivity index (χ4n) is 1.76. The van der Waals surface area contributed by atoms with E-state index in [-0.39, 0.29) is 5.58 Å². The topological polar surface area (TPSA) is 25.2 Å². The van der Waals surface area contributed by atoms with Crippen LogP contribution in [0.25, 0.3) is 11.0 Å². The van der Waals surface area contributed by atoms with Crippen molar-refractivity contribution < 1.29 is 13.2 Å². The summed E-state index contributed by atoms with van der Waals surface area (Å²) >= 11 is 3.23. The lowest BCUT2D eigenvalue weighted by molar-refractivity contribution is 0.491. The van der Waals surface area contributed by atoms with Gasteiger partial charge in [0, 0.05) is 15.4 Å². The van der Waals surface area contributed by atoms with E-state index in [4.69, 9.17) is 4.42 Å². The van der Waals surface area contributed by atoms with Crippen LogP contribution >= 0.6 is 15.9 Å². The Morgan fingerprint density at radius 3 is 2.88 bits per heavy atom. The molecule has 0 saturated carbocycles. The fourth-order valence-corrected chi connectivity index (χ4v) is 2.39. The lowest BCUT2D eigenvalue weighted by Crippen LogP contribution is -2.15. The van der Waals surface area contributed by atoms with E-state index in [0.29, 0.717) is 16.3 Å². The summed E-state index contributed by atoms with van der Waals surface area (Å²) in [6.07, 6.45) is 2.19. The second-order valence-corrected chi connectivity index (χ2v) is 4.58. The van der Waals surface area contributed by atoms with Crippen LogP contribution in [-0.2, 0) is 6.42 Å². The first-order valence-corrected chi connectivity index (χ1v) is 6.18. The highest BCUT2D eigenvalue weighted by atomic mass is 79.9. The highest BCUT2D eigenvalue weighted by molar-refractivity contribution is 9.10. The molecule has 0 saturated heterocycles. The maximum Gasteiger partial charge on any atom is 0.201 e. The van der Waals surface area contributed by atoms with Gasteiger partial charge in [0.05, 0.1) is 6.26 Å². The van der Waals surface area contributed by atoms with E-state index >= 15 is 0 Å². The van der Waals surface area contributed by atoms with Crippen molar-refractivity contribution in [1.29, 1.82) is 0 Å². The van der Waals surface area contributed by atoms with E-state index in [1.54, 1.807) is 0 Å². The van der Waals surface area contributed by atoms with E-state index in [0.717, 1.165) is 24.7 Å². The summed E-state index contributed by atoms with van der Waals surface area (Å²) < 4.78 is 32.2. The Kier molecular flexibility index (Phi) is 3.79. The normalized spacial score (nSPS) is 11.3. The van der Waals surface area contributed by atoms with Crippen LogP contribution in [0.3, 0.4) is 0 Å². The molecule has 0 aliphatic heterocycles. The van der Waals surface area contributed by atoms with E-state index < -0.39 is 11.6 Å². The number of hydrogen-bond donors (Lipinski definition) is 1. The SMILES string of the molecule is CCNCCc1coc2c(F)c(F)cc(Br)c12. The second kappa shape index (κ2) is 5.14. The molecular weight excluding hydrogens is 292 g/mol. The number of furan rings is 1. The van der Waals surface area contributed by atoms with Crippen molar-refractivity contribution in [3.05, 3.63) is 34.0 Å². The van der Waals surface area contributed by atoms with Gasteiger partial charge >= 0.3 is 0 Å². The monoisotopic (exact) mass is 303 g/mol. The Labute approximate surface area is 106 Å². The van der Waals surface area contributed by atoms with Gasteiger partial charge in [0.2, 0.25) is 5.82 Å². The molecule has 0 bridgehead atoms. The molecule has 0 unspecified atom stereocenters. The van der Waals surface area contributed by atoms with E-state index in [1.165, 1.54) is 6.26 Å². The minimum atomic E-state index is -0.932. The van der Waals surface area contributed by atoms with Gasteiger partial charge in [-0.15, -0.1) is 0 Å². The van der Waals surface area contributed by atoms with Crippen molar-refractivity contribution in [2.24, 2.45) is 0 Å². The molecule has 0 spiro atoms. The summed E-state index contributed by atoms with van der Waals surface area (Å²) in [5, 5.41) is 3.78. The predicted octanol–water partition coefficient (Wildman–Crippen LogP) is 3.63. The second-order valence-electron chi connectivity index (χ2n) is 3.72. The van der Waals surface area contributed by atoms with Crippen LogP contribution in [0.4, 0.5) is 8.78 Å². The molecule has 17 heavy (non-hydrogen) atoms. The highest BCUT2D eigenvalue weighted by Crippen LogP contribution is 2.32. The average Bonchev–Trinajstić information content (AvgIpc) is 2.71. The van der Waals surface area contributed by atoms with E-state index in [9.17, 15) is 8.78 Å². The number of hydrogen-bond acceptors (Lipinski definition) is 2. The third-order valence-electron chi connectivity index (χ3n) is 2.59. The molecule has 1 aromatic carbocycles. The van der Waals surface area contributed by atoms with Crippen LogP contribution < -0.4 is 5.32 Å². The van der Waals surface area contributed by atoms with Gasteiger partial charge < -0.3 is 9.73 Å².